The molecule has 2 amide bonds. The van der Waals surface area contributed by atoms with E-state index in [2.05, 4.69) is 15.6 Å². The van der Waals surface area contributed by atoms with Gasteiger partial charge in [-0.15, -0.1) is 24.8 Å². The third-order valence-electron chi connectivity index (χ3n) is 3.47. The Morgan fingerprint density at radius 3 is 2.74 bits per heavy atom. The second-order valence-corrected chi connectivity index (χ2v) is 4.55. The number of pyridine rings is 1. The number of amides is 2. The van der Waals surface area contributed by atoms with Crippen LogP contribution in [0.15, 0.2) is 18.3 Å². The van der Waals surface area contributed by atoms with Gasteiger partial charge < -0.3 is 10.2 Å². The van der Waals surface area contributed by atoms with Crippen LogP contribution < -0.4 is 10.6 Å². The van der Waals surface area contributed by atoms with E-state index in [1.807, 2.05) is 17.0 Å². The van der Waals surface area contributed by atoms with Crippen LogP contribution in [0.3, 0.4) is 0 Å². The summed E-state index contributed by atoms with van der Waals surface area (Å²) in [6.07, 6.45) is 3.77. The van der Waals surface area contributed by atoms with E-state index in [9.17, 15) is 4.79 Å². The fraction of sp³-hybridized carbons (Fsp3) is 0.500. The molecule has 1 aromatic heterocycles. The minimum Gasteiger partial charge on any atom is -0.317 e. The van der Waals surface area contributed by atoms with Gasteiger partial charge in [-0.1, -0.05) is 6.07 Å². The number of hydrogen-bond donors (Lipinski definition) is 2. The molecule has 0 spiro atoms. The van der Waals surface area contributed by atoms with Gasteiger partial charge in [0, 0.05) is 17.8 Å². The Morgan fingerprint density at radius 1 is 1.26 bits per heavy atom. The number of carbonyl (C=O) groups excluding carboxylic acids is 1. The Morgan fingerprint density at radius 2 is 2.00 bits per heavy atom. The number of hydrogen-bond acceptors (Lipinski definition) is 3. The minimum absolute atomic E-state index is 0. The van der Waals surface area contributed by atoms with Crippen molar-refractivity contribution in [2.45, 2.75) is 25.4 Å². The van der Waals surface area contributed by atoms with Crippen LogP contribution in [0.2, 0.25) is 0 Å². The van der Waals surface area contributed by atoms with Crippen LogP contribution in [0, 0.1) is 0 Å². The molecule has 1 fully saturated rings. The summed E-state index contributed by atoms with van der Waals surface area (Å²) in [6.45, 7) is 2.67. The van der Waals surface area contributed by atoms with E-state index in [1.54, 1.807) is 6.20 Å². The number of anilines is 1. The first-order valence-corrected chi connectivity index (χ1v) is 6.07. The number of urea groups is 1. The number of piperidine rings is 1. The third-order valence-corrected chi connectivity index (χ3v) is 3.47. The van der Waals surface area contributed by atoms with E-state index in [1.165, 1.54) is 0 Å². The summed E-state index contributed by atoms with van der Waals surface area (Å²) in [6, 6.07) is 4.28. The van der Waals surface area contributed by atoms with Gasteiger partial charge in [0.15, 0.2) is 0 Å². The average Bonchev–Trinajstić information content (AvgIpc) is 2.39. The molecule has 7 heteroatoms. The van der Waals surface area contributed by atoms with Crippen molar-refractivity contribution in [2.75, 3.05) is 18.4 Å². The highest BCUT2D eigenvalue weighted by atomic mass is 35.5. The van der Waals surface area contributed by atoms with Gasteiger partial charge in [0.1, 0.15) is 5.82 Å². The molecule has 19 heavy (non-hydrogen) atoms. The van der Waals surface area contributed by atoms with Crippen molar-refractivity contribution in [1.29, 1.82) is 0 Å². The fourth-order valence-corrected chi connectivity index (χ4v) is 2.52. The molecule has 2 aliphatic heterocycles. The molecule has 0 aromatic carbocycles. The first-order chi connectivity index (χ1) is 8.34. The van der Waals surface area contributed by atoms with Crippen LogP contribution in [0.4, 0.5) is 10.6 Å². The zero-order chi connectivity index (χ0) is 11.7. The molecule has 0 aliphatic carbocycles. The molecule has 5 nitrogen and oxygen atoms in total. The lowest BCUT2D eigenvalue weighted by Crippen LogP contribution is -2.49. The summed E-state index contributed by atoms with van der Waals surface area (Å²) in [4.78, 5) is 18.1. The zero-order valence-corrected chi connectivity index (χ0v) is 12.1. The largest absolute Gasteiger partial charge is 0.323 e. The lowest BCUT2D eigenvalue weighted by Gasteiger charge is -2.37. The summed E-state index contributed by atoms with van der Waals surface area (Å²) >= 11 is 0. The van der Waals surface area contributed by atoms with Crippen molar-refractivity contribution < 1.29 is 4.79 Å². The number of rotatable bonds is 1. The second-order valence-electron chi connectivity index (χ2n) is 4.55. The molecule has 0 bridgehead atoms. The fourth-order valence-electron chi connectivity index (χ4n) is 2.52. The van der Waals surface area contributed by atoms with Crippen molar-refractivity contribution in [3.63, 3.8) is 0 Å². The first-order valence-electron chi connectivity index (χ1n) is 6.07. The highest BCUT2D eigenvalue weighted by Crippen LogP contribution is 2.24. The Hall–Kier alpha value is -1.04. The highest BCUT2D eigenvalue weighted by Gasteiger charge is 2.29. The van der Waals surface area contributed by atoms with Crippen molar-refractivity contribution >= 4 is 36.7 Å². The minimum atomic E-state index is -0.0110. The molecule has 0 radical (unpaired) electrons. The molecule has 3 rings (SSSR count). The monoisotopic (exact) mass is 304 g/mol. The van der Waals surface area contributed by atoms with Gasteiger partial charge >= 0.3 is 6.03 Å². The quantitative estimate of drug-likeness (QED) is 0.834. The van der Waals surface area contributed by atoms with E-state index in [0.29, 0.717) is 18.4 Å². The Kier molecular flexibility index (Phi) is 5.85. The maximum atomic E-state index is 12.0. The maximum Gasteiger partial charge on any atom is 0.323 e. The van der Waals surface area contributed by atoms with Crippen LogP contribution in [-0.4, -0.2) is 35.0 Å². The maximum absolute atomic E-state index is 12.0. The summed E-state index contributed by atoms with van der Waals surface area (Å²) in [5.74, 6) is 0.711. The van der Waals surface area contributed by atoms with E-state index in [-0.39, 0.29) is 30.8 Å². The average molecular weight is 305 g/mol. The lowest BCUT2D eigenvalue weighted by atomic mass is 10.0. The summed E-state index contributed by atoms with van der Waals surface area (Å²) < 4.78 is 0. The van der Waals surface area contributed by atoms with Crippen LogP contribution in [0.1, 0.15) is 18.4 Å². The molecule has 2 aliphatic rings. The number of nitrogens with zero attached hydrogens (tertiary/aromatic N) is 2. The molecule has 0 atom stereocenters. The molecule has 0 saturated carbocycles. The van der Waals surface area contributed by atoms with E-state index in [0.717, 1.165) is 31.5 Å². The molecule has 1 aromatic rings. The van der Waals surface area contributed by atoms with Gasteiger partial charge in [-0.25, -0.2) is 9.78 Å². The van der Waals surface area contributed by atoms with Crippen molar-refractivity contribution in [3.05, 3.63) is 23.9 Å². The van der Waals surface area contributed by atoms with E-state index in [4.69, 9.17) is 0 Å². The SMILES string of the molecule is Cl.Cl.O=C1Nc2ncccc2CN1C1CCNCC1. The van der Waals surface area contributed by atoms with Crippen LogP contribution in [-0.2, 0) is 6.54 Å². The van der Waals surface area contributed by atoms with Gasteiger partial charge in [-0.3, -0.25) is 5.32 Å². The molecule has 106 valence electrons. The summed E-state index contributed by atoms with van der Waals surface area (Å²) in [7, 11) is 0. The van der Waals surface area contributed by atoms with Crippen molar-refractivity contribution in [2.24, 2.45) is 0 Å². The van der Waals surface area contributed by atoms with Gasteiger partial charge in [0.25, 0.3) is 0 Å². The Labute approximate surface area is 125 Å². The summed E-state index contributed by atoms with van der Waals surface area (Å²) in [5.41, 5.74) is 1.10. The van der Waals surface area contributed by atoms with Gasteiger partial charge in [-0.2, -0.15) is 0 Å². The second kappa shape index (κ2) is 6.93. The van der Waals surface area contributed by atoms with E-state index < -0.39 is 0 Å². The molecular formula is C12H18Cl2N4O. The summed E-state index contributed by atoms with van der Waals surface area (Å²) in [5, 5.41) is 6.18. The van der Waals surface area contributed by atoms with Crippen LogP contribution in [0.5, 0.6) is 0 Å². The van der Waals surface area contributed by atoms with Crippen molar-refractivity contribution in [3.8, 4) is 0 Å². The number of nitrogens with one attached hydrogen (secondary N) is 2. The zero-order valence-electron chi connectivity index (χ0n) is 10.5. The van der Waals surface area contributed by atoms with Crippen molar-refractivity contribution in [1.82, 2.24) is 15.2 Å². The number of halogens is 2. The number of aromatic nitrogens is 1. The number of carbonyl (C=O) groups is 1. The molecule has 2 N–H and O–H groups in total. The smallest absolute Gasteiger partial charge is 0.317 e. The standard InChI is InChI=1S/C12H16N4O.2ClH/c17-12-15-11-9(2-1-5-14-11)8-16(12)10-3-6-13-7-4-10;;/h1-2,5,10,13H,3-4,6-8H2,(H,14,15,17);2*1H. The molecule has 3 heterocycles. The topological polar surface area (TPSA) is 57.3 Å². The van der Waals surface area contributed by atoms with Crippen LogP contribution in [0.25, 0.3) is 0 Å². The lowest BCUT2D eigenvalue weighted by molar-refractivity contribution is 0.163. The molecule has 0 unspecified atom stereocenters. The predicted molar refractivity (Wildman–Crippen MR) is 79.2 cm³/mol. The molecular weight excluding hydrogens is 287 g/mol. The predicted octanol–water partition coefficient (Wildman–Crippen LogP) is 2.02. The normalized spacial score (nSPS) is 18.7. The highest BCUT2D eigenvalue weighted by molar-refractivity contribution is 5.91. The third kappa shape index (κ3) is 3.29. The van der Waals surface area contributed by atoms with E-state index >= 15 is 0 Å². The van der Waals surface area contributed by atoms with Gasteiger partial charge in [-0.05, 0) is 32.0 Å². The first kappa shape index (κ1) is 16.0. The van der Waals surface area contributed by atoms with Gasteiger partial charge in [0.2, 0.25) is 0 Å². The van der Waals surface area contributed by atoms with Crippen LogP contribution >= 0.6 is 24.8 Å². The van der Waals surface area contributed by atoms with Gasteiger partial charge in [0.05, 0.1) is 6.54 Å². The number of fused-ring (bicyclic) bond motifs is 1. The molecule has 1 saturated heterocycles. The Balaban J connectivity index is 0.000000902. The Bertz CT molecular complexity index is 437.